The van der Waals surface area contributed by atoms with Crippen LogP contribution >= 0.6 is 0 Å². The highest BCUT2D eigenvalue weighted by Gasteiger charge is 2.57. The fourth-order valence-electron chi connectivity index (χ4n) is 9.90. The number of nitrogens with zero attached hydrogens (tertiary/aromatic N) is 4. The summed E-state index contributed by atoms with van der Waals surface area (Å²) in [7, 11) is 10.9. The summed E-state index contributed by atoms with van der Waals surface area (Å²) < 4.78 is 6.12. The van der Waals surface area contributed by atoms with E-state index in [0.717, 1.165) is 34.5 Å². The second-order valence-corrected chi connectivity index (χ2v) is 18.1. The van der Waals surface area contributed by atoms with Crippen molar-refractivity contribution in [3.05, 3.63) is 77.9 Å². The van der Waals surface area contributed by atoms with E-state index in [-0.39, 0.29) is 36.4 Å². The molecule has 10 atom stereocenters. The lowest BCUT2D eigenvalue weighted by molar-refractivity contribution is -0.183. The number of aliphatic hydroxyl groups is 3. The number of amides is 2. The molecule has 1 aliphatic heterocycles. The summed E-state index contributed by atoms with van der Waals surface area (Å²) in [6.07, 6.45) is -0.792. The van der Waals surface area contributed by atoms with Gasteiger partial charge >= 0.3 is 0 Å². The number of carbonyl (C=O) groups is 2. The molecule has 2 amide bonds. The Balaban J connectivity index is 1.29. The number of rotatable bonds is 16. The summed E-state index contributed by atoms with van der Waals surface area (Å²) in [5, 5.41) is 41.3. The Morgan fingerprint density at radius 2 is 1.69 bits per heavy atom. The molecule has 3 aromatic rings. The number of hydrogen-bond acceptors (Lipinski definition) is 11. The molecule has 3 saturated carbocycles. The van der Waals surface area contributed by atoms with Crippen LogP contribution in [0.5, 0.6) is 5.75 Å². The van der Waals surface area contributed by atoms with Gasteiger partial charge < -0.3 is 40.1 Å². The molecular formula is C46H66N6O7. The lowest BCUT2D eigenvalue weighted by atomic mass is 9.45. The quantitative estimate of drug-likeness (QED) is 0.132. The number of anilines is 2. The van der Waals surface area contributed by atoms with Crippen LogP contribution in [0.4, 0.5) is 11.4 Å². The van der Waals surface area contributed by atoms with Crippen molar-refractivity contribution < 1.29 is 34.5 Å². The smallest absolute Gasteiger partial charge is 0.245 e. The third-order valence-electron chi connectivity index (χ3n) is 13.5. The molecule has 59 heavy (non-hydrogen) atoms. The maximum atomic E-state index is 14.3. The van der Waals surface area contributed by atoms with Crippen LogP contribution in [0.1, 0.15) is 57.9 Å². The van der Waals surface area contributed by atoms with E-state index in [1.54, 1.807) is 31.0 Å². The Hall–Kier alpha value is -4.08. The van der Waals surface area contributed by atoms with Gasteiger partial charge in [0.15, 0.2) is 0 Å². The summed E-state index contributed by atoms with van der Waals surface area (Å²) in [6.45, 7) is 8.67. The molecule has 1 saturated heterocycles. The van der Waals surface area contributed by atoms with E-state index in [0.29, 0.717) is 35.6 Å². The molecule has 3 aliphatic carbocycles. The fraction of sp³-hybridized carbons (Fsp3) is 0.565. The summed E-state index contributed by atoms with van der Waals surface area (Å²) in [4.78, 5) is 39.9. The number of nitrogens with one attached hydrogen (secondary N) is 2. The minimum atomic E-state index is -1.20. The molecule has 5 N–H and O–H groups in total. The molecule has 4 fully saturated rings. The van der Waals surface area contributed by atoms with Gasteiger partial charge in [-0.2, -0.15) is 5.06 Å². The summed E-state index contributed by atoms with van der Waals surface area (Å²) >= 11 is 0. The maximum absolute atomic E-state index is 14.3. The monoisotopic (exact) mass is 814 g/mol. The number of ether oxygens (including phenoxy) is 1. The molecular weight excluding hydrogens is 749 g/mol. The van der Waals surface area contributed by atoms with Gasteiger partial charge in [0, 0.05) is 62.1 Å². The van der Waals surface area contributed by atoms with Gasteiger partial charge in [0.1, 0.15) is 30.2 Å². The number of aliphatic hydroxyl groups excluding tert-OH is 3. The molecule has 3 aromatic carbocycles. The van der Waals surface area contributed by atoms with E-state index in [2.05, 4.69) is 31.4 Å². The van der Waals surface area contributed by atoms with Gasteiger partial charge in [-0.1, -0.05) is 57.2 Å². The number of benzene rings is 3. The van der Waals surface area contributed by atoms with Gasteiger partial charge in [0.25, 0.3) is 0 Å². The van der Waals surface area contributed by atoms with Crippen LogP contribution < -0.4 is 25.2 Å². The zero-order valence-electron chi connectivity index (χ0n) is 36.4. The van der Waals surface area contributed by atoms with Gasteiger partial charge in [0.05, 0.1) is 26.4 Å². The molecule has 0 aromatic heterocycles. The van der Waals surface area contributed by atoms with Crippen molar-refractivity contribution in [1.29, 1.82) is 0 Å². The molecule has 13 heteroatoms. The van der Waals surface area contributed by atoms with Gasteiger partial charge in [-0.15, -0.1) is 0 Å². The van der Waals surface area contributed by atoms with Crippen molar-refractivity contribution >= 4 is 23.2 Å². The number of likely N-dealkylation sites (N-methyl/N-ethyl adjacent to an activating group) is 2. The molecule has 322 valence electrons. The fourth-order valence-corrected chi connectivity index (χ4v) is 9.90. The first kappa shape index (κ1) is 44.5. The Morgan fingerprint density at radius 3 is 2.29 bits per heavy atom. The highest BCUT2D eigenvalue weighted by molar-refractivity contribution is 5.97. The number of hydroxylamine groups is 2. The van der Waals surface area contributed by atoms with Crippen LogP contribution in [0.15, 0.2) is 66.7 Å². The first-order valence-corrected chi connectivity index (χ1v) is 20.9. The van der Waals surface area contributed by atoms with E-state index in [9.17, 15) is 24.9 Å². The number of para-hydroxylation sites is 2. The second-order valence-electron chi connectivity index (χ2n) is 18.1. The SMILES string of the molecule is COc1c(CN2OC(CO)[C@@H]([C@H](C)O)[C@H]2C(=O)N[C@H]2C[C@H]3C[C@@H](C2C)C3(C)C)cccc1-c1cc(C(O)NC(CN(C)C)C(=O)N(C)c2ccccc2)cc(N(C)C)c1. The van der Waals surface area contributed by atoms with Gasteiger partial charge in [-0.25, -0.2) is 0 Å². The van der Waals surface area contributed by atoms with Crippen molar-refractivity contribution in [3.8, 4) is 16.9 Å². The Morgan fingerprint density at radius 1 is 0.983 bits per heavy atom. The Labute approximate surface area is 350 Å². The van der Waals surface area contributed by atoms with E-state index < -0.39 is 36.4 Å². The van der Waals surface area contributed by atoms with Gasteiger partial charge in [0.2, 0.25) is 11.8 Å². The maximum Gasteiger partial charge on any atom is 0.245 e. The highest BCUT2D eigenvalue weighted by atomic mass is 16.7. The zero-order valence-corrected chi connectivity index (χ0v) is 36.4. The minimum absolute atomic E-state index is 0.0193. The van der Waals surface area contributed by atoms with E-state index in [1.807, 2.05) is 105 Å². The van der Waals surface area contributed by atoms with E-state index >= 15 is 0 Å². The molecule has 13 nitrogen and oxygen atoms in total. The summed E-state index contributed by atoms with van der Waals surface area (Å²) in [5.74, 6) is 0.895. The van der Waals surface area contributed by atoms with Gasteiger partial charge in [-0.3, -0.25) is 19.7 Å². The average Bonchev–Trinajstić information content (AvgIpc) is 3.59. The first-order valence-electron chi connectivity index (χ1n) is 20.9. The van der Waals surface area contributed by atoms with Crippen LogP contribution in [0.25, 0.3) is 11.1 Å². The van der Waals surface area contributed by atoms with Crippen LogP contribution in [0, 0.1) is 29.1 Å². The van der Waals surface area contributed by atoms with Crippen molar-refractivity contribution in [3.63, 3.8) is 0 Å². The highest BCUT2D eigenvalue weighted by Crippen LogP contribution is 2.61. The van der Waals surface area contributed by atoms with Crippen LogP contribution in [-0.2, 0) is 21.0 Å². The van der Waals surface area contributed by atoms with E-state index in [4.69, 9.17) is 9.57 Å². The lowest BCUT2D eigenvalue weighted by Gasteiger charge is -2.62. The predicted molar refractivity (Wildman–Crippen MR) is 231 cm³/mol. The Bertz CT molecular complexity index is 1920. The van der Waals surface area contributed by atoms with Crippen molar-refractivity contribution in [2.45, 2.75) is 83.6 Å². The number of fused-ring (bicyclic) bond motifs is 2. The third kappa shape index (κ3) is 9.17. The predicted octanol–water partition coefficient (Wildman–Crippen LogP) is 4.26. The topological polar surface area (TPSA) is 150 Å². The molecule has 7 rings (SSSR count). The summed E-state index contributed by atoms with van der Waals surface area (Å²) in [5.41, 5.74) is 4.64. The molecule has 2 bridgehead atoms. The standard InChI is InChI=1S/C46H66N6O7/c1-27-36-22-32(46(36,3)4)23-37(27)47-44(56)41-40(28(2)54)39(26-53)59-52(41)24-29-15-14-18-35(42(29)58-10)30-19-31(21-34(20-30)50(7)8)43(55)48-38(25-49(5)6)45(57)51(9)33-16-12-11-13-17-33/h11-21,27-28,32,36-41,43,48,53-55H,22-26H2,1-10H3,(H,47,56)/t27?,28-,32+,36-,37-,38?,39?,40+,41-,43?/m0/s1. The minimum Gasteiger partial charge on any atom is -0.496 e. The molecule has 4 aliphatic rings. The van der Waals surface area contributed by atoms with Crippen molar-refractivity contribution in [2.75, 3.05) is 65.3 Å². The third-order valence-corrected chi connectivity index (χ3v) is 13.5. The first-order chi connectivity index (χ1) is 28.0. The largest absolute Gasteiger partial charge is 0.496 e. The lowest BCUT2D eigenvalue weighted by Crippen LogP contribution is -2.62. The Kier molecular flexibility index (Phi) is 13.8. The molecule has 1 heterocycles. The summed E-state index contributed by atoms with van der Waals surface area (Å²) in [6, 6.07) is 19.4. The average molecular weight is 815 g/mol. The molecule has 0 radical (unpaired) electrons. The van der Waals surface area contributed by atoms with Crippen molar-refractivity contribution in [1.82, 2.24) is 20.6 Å². The van der Waals surface area contributed by atoms with Crippen LogP contribution in [0.2, 0.25) is 0 Å². The van der Waals surface area contributed by atoms with Gasteiger partial charge in [-0.05, 0) is 98.5 Å². The number of carbonyl (C=O) groups excluding carboxylic acids is 2. The second kappa shape index (κ2) is 18.3. The van der Waals surface area contributed by atoms with Crippen molar-refractivity contribution in [2.24, 2.45) is 29.1 Å². The normalized spacial score (nSPS) is 26.4. The zero-order chi connectivity index (χ0) is 42.9. The molecule has 4 unspecified atom stereocenters. The molecule has 0 spiro atoms. The van der Waals surface area contributed by atoms with E-state index in [1.165, 1.54) is 6.42 Å². The van der Waals surface area contributed by atoms with Crippen LogP contribution in [0.3, 0.4) is 0 Å². The van der Waals surface area contributed by atoms with Crippen LogP contribution in [-0.4, -0.2) is 123 Å². The number of hydrogen-bond donors (Lipinski definition) is 5. The number of methoxy groups -OCH3 is 1.